The summed E-state index contributed by atoms with van der Waals surface area (Å²) in [5.41, 5.74) is 17.8. The van der Waals surface area contributed by atoms with Crippen LogP contribution in [0.15, 0.2) is 67.0 Å². The van der Waals surface area contributed by atoms with Crippen LogP contribution in [0, 0.1) is 0 Å². The standard InChI is InChI=1S/C22H18N6/c1-28-12-16(14-4-2-3-5-21(14)28)19-8-9-25-22(27-19)20-11-17(24)15-10-13(23)6-7-18(15)26-20/h2-12H,23H2,1H3,(H2,24,26). The lowest BCUT2D eigenvalue weighted by molar-refractivity contribution is 0.969. The summed E-state index contributed by atoms with van der Waals surface area (Å²) in [5.74, 6) is 0.538. The van der Waals surface area contributed by atoms with Crippen LogP contribution in [-0.4, -0.2) is 19.5 Å². The number of pyridine rings is 1. The highest BCUT2D eigenvalue weighted by molar-refractivity contribution is 5.96. The molecule has 0 aliphatic heterocycles. The molecule has 0 unspecified atom stereocenters. The molecule has 0 saturated heterocycles. The average Bonchev–Trinajstić information content (AvgIpc) is 3.05. The Kier molecular flexibility index (Phi) is 3.52. The average molecular weight is 366 g/mol. The maximum Gasteiger partial charge on any atom is 0.178 e. The third-order valence-electron chi connectivity index (χ3n) is 4.92. The van der Waals surface area contributed by atoms with Gasteiger partial charge in [-0.05, 0) is 36.4 Å². The quantitative estimate of drug-likeness (QED) is 0.460. The first-order chi connectivity index (χ1) is 13.6. The first kappa shape index (κ1) is 16.3. The number of aryl methyl sites for hydroxylation is 1. The number of nitrogen functional groups attached to an aromatic ring is 2. The van der Waals surface area contributed by atoms with Gasteiger partial charge in [0.1, 0.15) is 5.69 Å². The molecule has 0 atom stereocenters. The fourth-order valence-corrected chi connectivity index (χ4v) is 3.56. The van der Waals surface area contributed by atoms with Crippen molar-refractivity contribution in [3.05, 3.63) is 67.0 Å². The van der Waals surface area contributed by atoms with Gasteiger partial charge in [-0.2, -0.15) is 0 Å². The molecule has 3 heterocycles. The van der Waals surface area contributed by atoms with Crippen LogP contribution in [0.3, 0.4) is 0 Å². The Bertz CT molecular complexity index is 1350. The Labute approximate surface area is 161 Å². The molecule has 0 spiro atoms. The van der Waals surface area contributed by atoms with Crippen LogP contribution >= 0.6 is 0 Å². The van der Waals surface area contributed by atoms with Crippen molar-refractivity contribution in [3.8, 4) is 22.8 Å². The molecular weight excluding hydrogens is 348 g/mol. The molecule has 0 radical (unpaired) electrons. The van der Waals surface area contributed by atoms with E-state index in [0.29, 0.717) is 22.9 Å². The number of aromatic nitrogens is 4. The van der Waals surface area contributed by atoms with Crippen molar-refractivity contribution >= 4 is 33.2 Å². The number of para-hydroxylation sites is 1. The zero-order valence-corrected chi connectivity index (χ0v) is 15.3. The number of anilines is 2. The predicted octanol–water partition coefficient (Wildman–Crippen LogP) is 4.01. The van der Waals surface area contributed by atoms with Crippen molar-refractivity contribution in [2.24, 2.45) is 7.05 Å². The summed E-state index contributed by atoms with van der Waals surface area (Å²) < 4.78 is 2.10. The minimum atomic E-state index is 0.538. The largest absolute Gasteiger partial charge is 0.399 e. The predicted molar refractivity (Wildman–Crippen MR) is 114 cm³/mol. The Morgan fingerprint density at radius 2 is 1.71 bits per heavy atom. The fourth-order valence-electron chi connectivity index (χ4n) is 3.56. The van der Waals surface area contributed by atoms with Crippen molar-refractivity contribution in [3.63, 3.8) is 0 Å². The van der Waals surface area contributed by atoms with E-state index in [0.717, 1.165) is 33.1 Å². The molecule has 0 aliphatic rings. The van der Waals surface area contributed by atoms with E-state index < -0.39 is 0 Å². The number of hydrogen-bond acceptors (Lipinski definition) is 5. The summed E-state index contributed by atoms with van der Waals surface area (Å²) in [6, 6.07) is 17.5. The van der Waals surface area contributed by atoms with Crippen LogP contribution in [-0.2, 0) is 7.05 Å². The van der Waals surface area contributed by atoms with Gasteiger partial charge in [0.05, 0.1) is 11.2 Å². The zero-order chi connectivity index (χ0) is 19.3. The summed E-state index contributed by atoms with van der Waals surface area (Å²) in [7, 11) is 2.03. The maximum absolute atomic E-state index is 6.24. The van der Waals surface area contributed by atoms with Crippen LogP contribution in [0.5, 0.6) is 0 Å². The molecule has 0 amide bonds. The molecule has 2 aromatic carbocycles. The van der Waals surface area contributed by atoms with Gasteiger partial charge in [0.15, 0.2) is 5.82 Å². The summed E-state index contributed by atoms with van der Waals surface area (Å²) in [5, 5.41) is 1.98. The number of hydrogen-bond donors (Lipinski definition) is 2. The van der Waals surface area contributed by atoms with Crippen molar-refractivity contribution < 1.29 is 0 Å². The van der Waals surface area contributed by atoms with Gasteiger partial charge in [0.2, 0.25) is 0 Å². The Morgan fingerprint density at radius 3 is 2.61 bits per heavy atom. The van der Waals surface area contributed by atoms with Gasteiger partial charge in [0, 0.05) is 52.7 Å². The summed E-state index contributed by atoms with van der Waals surface area (Å²) in [6.45, 7) is 0. The Balaban J connectivity index is 1.67. The Morgan fingerprint density at radius 1 is 0.857 bits per heavy atom. The van der Waals surface area contributed by atoms with E-state index >= 15 is 0 Å². The highest BCUT2D eigenvalue weighted by Gasteiger charge is 2.13. The third kappa shape index (κ3) is 2.54. The summed E-state index contributed by atoms with van der Waals surface area (Å²) >= 11 is 0. The van der Waals surface area contributed by atoms with Crippen LogP contribution in [0.4, 0.5) is 11.4 Å². The Hall–Kier alpha value is -3.93. The second-order valence-corrected chi connectivity index (χ2v) is 6.81. The molecule has 6 heteroatoms. The molecule has 0 aliphatic carbocycles. The van der Waals surface area contributed by atoms with Crippen molar-refractivity contribution in [1.29, 1.82) is 0 Å². The molecule has 5 rings (SSSR count). The van der Waals surface area contributed by atoms with Gasteiger partial charge < -0.3 is 16.0 Å². The van der Waals surface area contributed by atoms with Crippen molar-refractivity contribution in [2.75, 3.05) is 11.5 Å². The van der Waals surface area contributed by atoms with E-state index in [1.165, 1.54) is 0 Å². The monoisotopic (exact) mass is 366 g/mol. The first-order valence-corrected chi connectivity index (χ1v) is 8.94. The number of benzene rings is 2. The molecule has 4 N–H and O–H groups in total. The van der Waals surface area contributed by atoms with Gasteiger partial charge in [-0.1, -0.05) is 18.2 Å². The molecular formula is C22H18N6. The molecule has 28 heavy (non-hydrogen) atoms. The van der Waals surface area contributed by atoms with Gasteiger partial charge >= 0.3 is 0 Å². The molecule has 0 fully saturated rings. The second kappa shape index (κ2) is 6.06. The second-order valence-electron chi connectivity index (χ2n) is 6.81. The highest BCUT2D eigenvalue weighted by Crippen LogP contribution is 2.31. The van der Waals surface area contributed by atoms with Crippen LogP contribution in [0.2, 0.25) is 0 Å². The zero-order valence-electron chi connectivity index (χ0n) is 15.3. The van der Waals surface area contributed by atoms with E-state index in [1.807, 2.05) is 43.4 Å². The molecule has 6 nitrogen and oxygen atoms in total. The molecule has 0 bridgehead atoms. The lowest BCUT2D eigenvalue weighted by atomic mass is 10.1. The number of fused-ring (bicyclic) bond motifs is 2. The summed E-state index contributed by atoms with van der Waals surface area (Å²) in [6.07, 6.45) is 3.84. The van der Waals surface area contributed by atoms with Gasteiger partial charge in [-0.25, -0.2) is 15.0 Å². The SMILES string of the molecule is Cn1cc(-c2ccnc(-c3cc(N)c4cc(N)ccc4n3)n2)c2ccccc21. The first-order valence-electron chi connectivity index (χ1n) is 8.94. The molecule has 5 aromatic rings. The molecule has 3 aromatic heterocycles. The van der Waals surface area contributed by atoms with E-state index in [1.54, 1.807) is 12.3 Å². The van der Waals surface area contributed by atoms with Crippen LogP contribution in [0.1, 0.15) is 0 Å². The van der Waals surface area contributed by atoms with Crippen molar-refractivity contribution in [2.45, 2.75) is 0 Å². The fraction of sp³-hybridized carbons (Fsp3) is 0.0455. The van der Waals surface area contributed by atoms with Crippen LogP contribution < -0.4 is 11.5 Å². The van der Waals surface area contributed by atoms with Gasteiger partial charge in [-0.3, -0.25) is 0 Å². The minimum Gasteiger partial charge on any atom is -0.399 e. The van der Waals surface area contributed by atoms with Crippen LogP contribution in [0.25, 0.3) is 44.6 Å². The molecule has 136 valence electrons. The number of rotatable bonds is 2. The number of nitrogens with two attached hydrogens (primary N) is 2. The van der Waals surface area contributed by atoms with E-state index in [2.05, 4.69) is 32.9 Å². The smallest absolute Gasteiger partial charge is 0.178 e. The van der Waals surface area contributed by atoms with Gasteiger partial charge in [0.25, 0.3) is 0 Å². The summed E-state index contributed by atoms with van der Waals surface area (Å²) in [4.78, 5) is 13.9. The highest BCUT2D eigenvalue weighted by atomic mass is 14.9. The van der Waals surface area contributed by atoms with E-state index in [-0.39, 0.29) is 0 Å². The van der Waals surface area contributed by atoms with E-state index in [4.69, 9.17) is 16.5 Å². The lowest BCUT2D eigenvalue weighted by Crippen LogP contribution is -1.97. The minimum absolute atomic E-state index is 0.538. The molecule has 0 saturated carbocycles. The van der Waals surface area contributed by atoms with E-state index in [9.17, 15) is 0 Å². The van der Waals surface area contributed by atoms with Crippen molar-refractivity contribution in [1.82, 2.24) is 19.5 Å². The number of nitrogens with zero attached hydrogens (tertiary/aromatic N) is 4. The lowest BCUT2D eigenvalue weighted by Gasteiger charge is -2.07. The normalized spacial score (nSPS) is 11.3. The van der Waals surface area contributed by atoms with Gasteiger partial charge in [-0.15, -0.1) is 0 Å². The maximum atomic E-state index is 6.24. The third-order valence-corrected chi connectivity index (χ3v) is 4.92. The topological polar surface area (TPSA) is 95.6 Å².